The normalized spacial score (nSPS) is 23.2. The Labute approximate surface area is 268 Å². The summed E-state index contributed by atoms with van der Waals surface area (Å²) in [6.07, 6.45) is 3.38. The van der Waals surface area contributed by atoms with Crippen molar-refractivity contribution in [2.75, 3.05) is 12.9 Å². The third-order valence-corrected chi connectivity index (χ3v) is 9.89. The summed E-state index contributed by atoms with van der Waals surface area (Å²) in [5, 5.41) is 1.23. The molecule has 1 aliphatic carbocycles. The van der Waals surface area contributed by atoms with E-state index in [0.29, 0.717) is 27.2 Å². The van der Waals surface area contributed by atoms with Crippen molar-refractivity contribution in [3.63, 3.8) is 0 Å². The Morgan fingerprint density at radius 3 is 2.40 bits per heavy atom. The van der Waals surface area contributed by atoms with Crippen LogP contribution in [0.25, 0.3) is 0 Å². The molecule has 0 N–H and O–H groups in total. The van der Waals surface area contributed by atoms with E-state index < -0.39 is 23.7 Å². The highest BCUT2D eigenvalue weighted by Gasteiger charge is 2.55. The lowest BCUT2D eigenvalue weighted by molar-refractivity contribution is -0.202. The summed E-state index contributed by atoms with van der Waals surface area (Å²) < 4.78 is 11.8. The number of hydrogen-bond acceptors (Lipinski definition) is 6. The van der Waals surface area contributed by atoms with Crippen LogP contribution in [-0.4, -0.2) is 51.0 Å². The standard InChI is InChI=1S/C34H38Cl2N2O4S/c1-33(2,3)43-20-28(21-9-10-21)38-29(22-11-14-25(35)15-12-22)30(23-7-6-8-26(36)17-23)42-34(4,32(38)40)18-27-16-13-24(19-37-27)31(39)41-5/h6-8,11-17,19,21,28-30H,9-10,18,20H2,1-5H3/t28?,29?,30?,34-/m0/s1. The average Bonchev–Trinajstić information content (AvgIpc) is 3.81. The number of nitrogens with zero attached hydrogens (tertiary/aromatic N) is 2. The molecule has 2 fully saturated rings. The van der Waals surface area contributed by atoms with Crippen LogP contribution in [0, 0.1) is 5.92 Å². The van der Waals surface area contributed by atoms with Gasteiger partial charge in [0.1, 0.15) is 6.10 Å². The summed E-state index contributed by atoms with van der Waals surface area (Å²) in [7, 11) is 1.34. The summed E-state index contributed by atoms with van der Waals surface area (Å²) >= 11 is 14.7. The van der Waals surface area contributed by atoms with Crippen molar-refractivity contribution in [3.8, 4) is 0 Å². The molecule has 4 atom stereocenters. The molecule has 43 heavy (non-hydrogen) atoms. The Bertz CT molecular complexity index is 1460. The zero-order valence-corrected chi connectivity index (χ0v) is 27.5. The van der Waals surface area contributed by atoms with E-state index >= 15 is 0 Å². The second-order valence-corrected chi connectivity index (χ2v) is 15.3. The number of benzene rings is 2. The Morgan fingerprint density at radius 1 is 1.09 bits per heavy atom. The van der Waals surface area contributed by atoms with Crippen molar-refractivity contribution < 1.29 is 19.1 Å². The fourth-order valence-corrected chi connectivity index (χ4v) is 7.15. The van der Waals surface area contributed by atoms with Crippen LogP contribution >= 0.6 is 35.0 Å². The molecule has 9 heteroatoms. The number of halogens is 2. The van der Waals surface area contributed by atoms with Gasteiger partial charge < -0.3 is 14.4 Å². The van der Waals surface area contributed by atoms with Gasteiger partial charge in [0.2, 0.25) is 0 Å². The highest BCUT2D eigenvalue weighted by atomic mass is 35.5. The van der Waals surface area contributed by atoms with Crippen LogP contribution in [0.3, 0.4) is 0 Å². The number of ether oxygens (including phenoxy) is 2. The first-order chi connectivity index (χ1) is 20.4. The number of amides is 1. The fraction of sp³-hybridized carbons (Fsp3) is 0.441. The Hall–Kier alpha value is -2.58. The molecule has 0 radical (unpaired) electrons. The number of carbonyl (C=O) groups excluding carboxylic acids is 2. The molecule has 1 aromatic heterocycles. The van der Waals surface area contributed by atoms with Gasteiger partial charge in [-0.05, 0) is 73.2 Å². The molecule has 2 aliphatic rings. The molecule has 3 unspecified atom stereocenters. The zero-order valence-electron chi connectivity index (χ0n) is 25.2. The molecule has 1 saturated heterocycles. The van der Waals surface area contributed by atoms with E-state index in [1.54, 1.807) is 12.1 Å². The number of rotatable bonds is 9. The third-order valence-electron chi connectivity index (χ3n) is 8.02. The predicted molar refractivity (Wildman–Crippen MR) is 173 cm³/mol. The van der Waals surface area contributed by atoms with E-state index in [-0.39, 0.29) is 23.1 Å². The summed E-state index contributed by atoms with van der Waals surface area (Å²) in [5.41, 5.74) is 1.61. The van der Waals surface area contributed by atoms with Gasteiger partial charge in [-0.25, -0.2) is 4.79 Å². The molecule has 228 valence electrons. The average molecular weight is 642 g/mol. The summed E-state index contributed by atoms with van der Waals surface area (Å²) in [6, 6.07) is 18.4. The van der Waals surface area contributed by atoms with Gasteiger partial charge in [-0.3, -0.25) is 9.78 Å². The number of pyridine rings is 1. The highest BCUT2D eigenvalue weighted by molar-refractivity contribution is 8.00. The number of thioether (sulfide) groups is 1. The van der Waals surface area contributed by atoms with E-state index in [1.165, 1.54) is 13.3 Å². The van der Waals surface area contributed by atoms with Gasteiger partial charge in [0.15, 0.2) is 5.60 Å². The van der Waals surface area contributed by atoms with Crippen molar-refractivity contribution in [1.82, 2.24) is 9.88 Å². The number of carbonyl (C=O) groups is 2. The number of hydrogen-bond donors (Lipinski definition) is 0. The zero-order chi connectivity index (χ0) is 30.9. The maximum atomic E-state index is 14.9. The number of morpholine rings is 1. The van der Waals surface area contributed by atoms with Crippen molar-refractivity contribution in [2.24, 2.45) is 5.92 Å². The first-order valence-electron chi connectivity index (χ1n) is 14.6. The van der Waals surface area contributed by atoms with Gasteiger partial charge in [0.25, 0.3) is 5.91 Å². The summed E-state index contributed by atoms with van der Waals surface area (Å²) in [4.78, 5) is 33.5. The van der Waals surface area contributed by atoms with Gasteiger partial charge >= 0.3 is 5.97 Å². The number of aromatic nitrogens is 1. The van der Waals surface area contributed by atoms with E-state index in [0.717, 1.165) is 29.7 Å². The van der Waals surface area contributed by atoms with Gasteiger partial charge in [0, 0.05) is 44.9 Å². The lowest BCUT2D eigenvalue weighted by atomic mass is 9.85. The highest BCUT2D eigenvalue weighted by Crippen LogP contribution is 2.51. The maximum absolute atomic E-state index is 14.9. The van der Waals surface area contributed by atoms with Crippen molar-refractivity contribution in [2.45, 2.75) is 75.5 Å². The van der Waals surface area contributed by atoms with Crippen LogP contribution in [0.2, 0.25) is 10.0 Å². The van der Waals surface area contributed by atoms with Crippen LogP contribution in [0.15, 0.2) is 66.9 Å². The molecule has 2 aromatic carbocycles. The largest absolute Gasteiger partial charge is 0.465 e. The minimum atomic E-state index is -1.23. The lowest BCUT2D eigenvalue weighted by Gasteiger charge is -2.52. The maximum Gasteiger partial charge on any atom is 0.339 e. The Kier molecular flexibility index (Phi) is 9.48. The van der Waals surface area contributed by atoms with Crippen LogP contribution < -0.4 is 0 Å². The second kappa shape index (κ2) is 12.8. The van der Waals surface area contributed by atoms with E-state index in [9.17, 15) is 9.59 Å². The van der Waals surface area contributed by atoms with Crippen molar-refractivity contribution in [1.29, 1.82) is 0 Å². The topological polar surface area (TPSA) is 68.7 Å². The second-order valence-electron chi connectivity index (χ2n) is 12.6. The minimum Gasteiger partial charge on any atom is -0.465 e. The molecule has 2 heterocycles. The fourth-order valence-electron chi connectivity index (χ4n) is 5.72. The smallest absolute Gasteiger partial charge is 0.339 e. The monoisotopic (exact) mass is 640 g/mol. The summed E-state index contributed by atoms with van der Waals surface area (Å²) in [6.45, 7) is 8.49. The Morgan fingerprint density at radius 2 is 1.81 bits per heavy atom. The first-order valence-corrected chi connectivity index (χ1v) is 16.3. The lowest BCUT2D eigenvalue weighted by Crippen LogP contribution is -2.62. The van der Waals surface area contributed by atoms with E-state index in [4.69, 9.17) is 32.7 Å². The first kappa shape index (κ1) is 31.8. The van der Waals surface area contributed by atoms with Gasteiger partial charge in [0.05, 0.1) is 18.7 Å². The van der Waals surface area contributed by atoms with Gasteiger partial charge in [-0.15, -0.1) is 0 Å². The van der Waals surface area contributed by atoms with Crippen LogP contribution in [0.1, 0.15) is 79.9 Å². The molecule has 6 nitrogen and oxygen atoms in total. The molecule has 5 rings (SSSR count). The molecule has 3 aromatic rings. The molecule has 1 amide bonds. The Balaban J connectivity index is 1.62. The third kappa shape index (κ3) is 7.39. The molecule has 0 bridgehead atoms. The van der Waals surface area contributed by atoms with Gasteiger partial charge in [-0.2, -0.15) is 11.8 Å². The quantitative estimate of drug-likeness (QED) is 0.220. The molecular weight excluding hydrogens is 603 g/mol. The summed E-state index contributed by atoms with van der Waals surface area (Å²) in [5.74, 6) is 0.690. The molecule has 1 aliphatic heterocycles. The van der Waals surface area contributed by atoms with Gasteiger partial charge in [-0.1, -0.05) is 68.2 Å². The SMILES string of the molecule is COC(=O)c1ccc(C[C@]2(C)OC(c3cccc(Cl)c3)C(c3ccc(Cl)cc3)N(C(CSC(C)(C)C)C3CC3)C2=O)nc1. The molecule has 0 spiro atoms. The minimum absolute atomic E-state index is 0.0111. The van der Waals surface area contributed by atoms with E-state index in [2.05, 4.69) is 30.7 Å². The van der Waals surface area contributed by atoms with Crippen LogP contribution in [0.4, 0.5) is 0 Å². The van der Waals surface area contributed by atoms with Crippen molar-refractivity contribution in [3.05, 3.63) is 99.3 Å². The number of esters is 1. The van der Waals surface area contributed by atoms with Crippen molar-refractivity contribution >= 4 is 46.8 Å². The van der Waals surface area contributed by atoms with Crippen LogP contribution in [0.5, 0.6) is 0 Å². The van der Waals surface area contributed by atoms with Crippen LogP contribution in [-0.2, 0) is 20.7 Å². The molecular formula is C34H38Cl2N2O4S. The predicted octanol–water partition coefficient (Wildman–Crippen LogP) is 8.13. The molecule has 1 saturated carbocycles. The number of methoxy groups -OCH3 is 1. The van der Waals surface area contributed by atoms with E-state index in [1.807, 2.05) is 67.2 Å².